The molecule has 0 fully saturated rings. The van der Waals surface area contributed by atoms with Crippen LogP contribution >= 0.6 is 27.5 Å². The molecule has 0 aliphatic carbocycles. The molecule has 0 spiro atoms. The maximum absolute atomic E-state index is 13.4. The average molecular weight is 544 g/mol. The van der Waals surface area contributed by atoms with Crippen molar-refractivity contribution in [3.63, 3.8) is 0 Å². The fourth-order valence-electron chi connectivity index (χ4n) is 3.29. The van der Waals surface area contributed by atoms with Crippen LogP contribution in [0.1, 0.15) is 16.1 Å². The normalized spacial score (nSPS) is 10.7. The molecular formula is C24H17BrClFN4O3. The maximum atomic E-state index is 13.4. The standard InChI is InChI=1S/C24H17BrClFN4O3/c1-13-5-7-19(18(25)9-13)29-22(32)21-11-14-10-15(26)6-8-20(14)31(21)30-24(34)23(33)28-17-4-2-3-16(27)12-17/h2-12H,1H3,(H,28,33)(H,29,32)(H,30,34). The summed E-state index contributed by atoms with van der Waals surface area (Å²) in [6.07, 6.45) is 0. The van der Waals surface area contributed by atoms with E-state index in [1.165, 1.54) is 22.9 Å². The Morgan fingerprint density at radius 3 is 2.47 bits per heavy atom. The molecule has 34 heavy (non-hydrogen) atoms. The van der Waals surface area contributed by atoms with Gasteiger partial charge in [-0.15, -0.1) is 0 Å². The molecular weight excluding hydrogens is 527 g/mol. The molecule has 0 aliphatic heterocycles. The molecule has 3 amide bonds. The van der Waals surface area contributed by atoms with Crippen molar-refractivity contribution in [1.29, 1.82) is 0 Å². The summed E-state index contributed by atoms with van der Waals surface area (Å²) in [6, 6.07) is 17.0. The number of halogens is 3. The van der Waals surface area contributed by atoms with E-state index >= 15 is 0 Å². The fraction of sp³-hybridized carbons (Fsp3) is 0.0417. The number of benzene rings is 3. The molecule has 0 saturated heterocycles. The second-order valence-corrected chi connectivity index (χ2v) is 8.70. The van der Waals surface area contributed by atoms with Crippen LogP contribution in [0.25, 0.3) is 10.9 Å². The first-order valence-corrected chi connectivity index (χ1v) is 11.1. The van der Waals surface area contributed by atoms with Crippen molar-refractivity contribution < 1.29 is 18.8 Å². The number of hydrogen-bond acceptors (Lipinski definition) is 3. The third kappa shape index (κ3) is 5.11. The van der Waals surface area contributed by atoms with Crippen molar-refractivity contribution in [3.05, 3.63) is 93.3 Å². The smallest absolute Gasteiger partial charge is 0.320 e. The molecule has 0 bridgehead atoms. The molecule has 0 radical (unpaired) electrons. The van der Waals surface area contributed by atoms with Gasteiger partial charge in [-0.05, 0) is 83.0 Å². The van der Waals surface area contributed by atoms with E-state index in [-0.39, 0.29) is 11.4 Å². The molecule has 172 valence electrons. The van der Waals surface area contributed by atoms with E-state index in [4.69, 9.17) is 11.6 Å². The minimum atomic E-state index is -1.05. The Morgan fingerprint density at radius 2 is 1.74 bits per heavy atom. The van der Waals surface area contributed by atoms with Crippen LogP contribution in [0.3, 0.4) is 0 Å². The number of anilines is 2. The second-order valence-electron chi connectivity index (χ2n) is 7.41. The van der Waals surface area contributed by atoms with E-state index in [1.807, 2.05) is 19.1 Å². The summed E-state index contributed by atoms with van der Waals surface area (Å²) in [4.78, 5) is 38.2. The molecule has 4 aromatic rings. The van der Waals surface area contributed by atoms with Gasteiger partial charge in [-0.2, -0.15) is 0 Å². The zero-order valence-electron chi connectivity index (χ0n) is 17.7. The fourth-order valence-corrected chi connectivity index (χ4v) is 4.06. The first-order chi connectivity index (χ1) is 16.2. The quantitative estimate of drug-likeness (QED) is 0.298. The number of carbonyl (C=O) groups is 3. The minimum Gasteiger partial charge on any atom is -0.320 e. The Hall–Kier alpha value is -3.69. The molecule has 1 heterocycles. The average Bonchev–Trinajstić information content (AvgIpc) is 3.13. The number of amides is 3. The van der Waals surface area contributed by atoms with E-state index in [0.717, 1.165) is 11.6 Å². The van der Waals surface area contributed by atoms with E-state index < -0.39 is 23.5 Å². The largest absolute Gasteiger partial charge is 0.328 e. The Bertz CT molecular complexity index is 1450. The van der Waals surface area contributed by atoms with E-state index in [0.29, 0.717) is 26.1 Å². The second kappa shape index (κ2) is 9.66. The summed E-state index contributed by atoms with van der Waals surface area (Å²) in [5, 5.41) is 6.12. The van der Waals surface area contributed by atoms with E-state index in [1.54, 1.807) is 30.3 Å². The van der Waals surface area contributed by atoms with Gasteiger partial charge in [0, 0.05) is 20.6 Å². The Kier molecular flexibility index (Phi) is 6.67. The van der Waals surface area contributed by atoms with Gasteiger partial charge in [-0.1, -0.05) is 23.7 Å². The van der Waals surface area contributed by atoms with Crippen molar-refractivity contribution in [2.75, 3.05) is 16.1 Å². The van der Waals surface area contributed by atoms with Crippen LogP contribution in [0, 0.1) is 12.7 Å². The van der Waals surface area contributed by atoms with Gasteiger partial charge < -0.3 is 10.6 Å². The van der Waals surface area contributed by atoms with Gasteiger partial charge in [0.1, 0.15) is 11.5 Å². The molecule has 4 rings (SSSR count). The van der Waals surface area contributed by atoms with Crippen LogP contribution in [0.15, 0.2) is 71.2 Å². The van der Waals surface area contributed by atoms with Gasteiger partial charge in [0.05, 0.1) is 11.2 Å². The van der Waals surface area contributed by atoms with Gasteiger partial charge in [0.25, 0.3) is 5.91 Å². The van der Waals surface area contributed by atoms with Crippen molar-refractivity contribution in [3.8, 4) is 0 Å². The highest BCUT2D eigenvalue weighted by Crippen LogP contribution is 2.26. The third-order valence-electron chi connectivity index (χ3n) is 4.87. The van der Waals surface area contributed by atoms with Gasteiger partial charge in [-0.25, -0.2) is 9.07 Å². The number of rotatable bonds is 4. The molecule has 0 saturated carbocycles. The number of nitrogens with zero attached hydrogens (tertiary/aromatic N) is 1. The lowest BCUT2D eigenvalue weighted by Crippen LogP contribution is -2.36. The zero-order chi connectivity index (χ0) is 24.4. The van der Waals surface area contributed by atoms with Gasteiger partial charge in [-0.3, -0.25) is 19.8 Å². The first-order valence-electron chi connectivity index (χ1n) is 9.97. The Morgan fingerprint density at radius 1 is 0.941 bits per heavy atom. The topological polar surface area (TPSA) is 92.2 Å². The minimum absolute atomic E-state index is 0.0663. The molecule has 0 aliphatic rings. The molecule has 3 N–H and O–H groups in total. The summed E-state index contributed by atoms with van der Waals surface area (Å²) in [7, 11) is 0. The highest BCUT2D eigenvalue weighted by Gasteiger charge is 2.22. The Balaban J connectivity index is 1.64. The lowest BCUT2D eigenvalue weighted by atomic mass is 10.2. The molecule has 0 unspecified atom stereocenters. The van der Waals surface area contributed by atoms with Crippen LogP contribution in [-0.2, 0) is 9.59 Å². The summed E-state index contributed by atoms with van der Waals surface area (Å²) in [5.41, 5.74) is 4.60. The number of nitrogens with one attached hydrogen (secondary N) is 3. The van der Waals surface area contributed by atoms with E-state index in [9.17, 15) is 18.8 Å². The molecule has 3 aromatic carbocycles. The lowest BCUT2D eigenvalue weighted by Gasteiger charge is -2.13. The van der Waals surface area contributed by atoms with Gasteiger partial charge >= 0.3 is 11.8 Å². The van der Waals surface area contributed by atoms with E-state index in [2.05, 4.69) is 32.0 Å². The van der Waals surface area contributed by atoms with Crippen LogP contribution in [0.5, 0.6) is 0 Å². The number of hydrogen-bond donors (Lipinski definition) is 3. The van der Waals surface area contributed by atoms with Gasteiger partial charge in [0.15, 0.2) is 0 Å². The highest BCUT2D eigenvalue weighted by atomic mass is 79.9. The monoisotopic (exact) mass is 542 g/mol. The summed E-state index contributed by atoms with van der Waals surface area (Å²) in [5.74, 6) is -3.17. The SMILES string of the molecule is Cc1ccc(NC(=O)c2cc3cc(Cl)ccc3n2NC(=O)C(=O)Nc2cccc(F)c2)c(Br)c1. The molecule has 10 heteroatoms. The van der Waals surface area contributed by atoms with Crippen molar-refractivity contribution in [1.82, 2.24) is 4.68 Å². The van der Waals surface area contributed by atoms with Crippen molar-refractivity contribution in [2.24, 2.45) is 0 Å². The van der Waals surface area contributed by atoms with Gasteiger partial charge in [0.2, 0.25) is 0 Å². The van der Waals surface area contributed by atoms with Crippen molar-refractivity contribution in [2.45, 2.75) is 6.92 Å². The maximum Gasteiger partial charge on any atom is 0.328 e. The highest BCUT2D eigenvalue weighted by molar-refractivity contribution is 9.10. The molecule has 7 nitrogen and oxygen atoms in total. The predicted octanol–water partition coefficient (Wildman–Crippen LogP) is 5.47. The molecule has 1 aromatic heterocycles. The predicted molar refractivity (Wildman–Crippen MR) is 133 cm³/mol. The van der Waals surface area contributed by atoms with Crippen LogP contribution < -0.4 is 16.1 Å². The number of aryl methyl sites for hydroxylation is 1. The van der Waals surface area contributed by atoms with Crippen molar-refractivity contribution >= 4 is 67.5 Å². The summed E-state index contributed by atoms with van der Waals surface area (Å²) >= 11 is 9.50. The summed E-state index contributed by atoms with van der Waals surface area (Å²) < 4.78 is 15.3. The zero-order valence-corrected chi connectivity index (χ0v) is 20.0. The molecule has 0 atom stereocenters. The van der Waals surface area contributed by atoms with Crippen LogP contribution in [0.4, 0.5) is 15.8 Å². The van der Waals surface area contributed by atoms with Crippen LogP contribution in [0.2, 0.25) is 5.02 Å². The lowest BCUT2D eigenvalue weighted by molar-refractivity contribution is -0.133. The Labute approximate surface area is 207 Å². The number of fused-ring (bicyclic) bond motifs is 1. The third-order valence-corrected chi connectivity index (χ3v) is 5.76. The summed E-state index contributed by atoms with van der Waals surface area (Å²) in [6.45, 7) is 1.92. The number of carbonyl (C=O) groups excluding carboxylic acids is 3. The first kappa shape index (κ1) is 23.5. The number of aromatic nitrogens is 1. The van der Waals surface area contributed by atoms with Crippen LogP contribution in [-0.4, -0.2) is 22.4 Å².